The minimum Gasteiger partial charge on any atom is -0.341 e. The van der Waals surface area contributed by atoms with Crippen molar-refractivity contribution in [1.29, 1.82) is 0 Å². The first kappa shape index (κ1) is 22.3. The van der Waals surface area contributed by atoms with Gasteiger partial charge in [-0.3, -0.25) is 9.59 Å². The number of halogens is 1. The summed E-state index contributed by atoms with van der Waals surface area (Å²) in [5.74, 6) is -1.31. The third-order valence-corrected chi connectivity index (χ3v) is 6.32. The van der Waals surface area contributed by atoms with E-state index < -0.39 is 11.8 Å². The minimum atomic E-state index is -0.680. The smallest absolute Gasteiger partial charge is 0.313 e. The van der Waals surface area contributed by atoms with Crippen molar-refractivity contribution >= 4 is 29.1 Å². The number of amides is 2. The van der Waals surface area contributed by atoms with Gasteiger partial charge < -0.3 is 20.4 Å². The lowest BCUT2D eigenvalue weighted by molar-refractivity contribution is -1.02. The average Bonchev–Trinajstić information content (AvgIpc) is 2.73. The zero-order chi connectivity index (χ0) is 21.7. The second-order valence-electron chi connectivity index (χ2n) is 8.16. The second kappa shape index (κ2) is 10.1. The van der Waals surface area contributed by atoms with Crippen LogP contribution in [0.15, 0.2) is 42.5 Å². The summed E-state index contributed by atoms with van der Waals surface area (Å²) in [6.45, 7) is 8.55. The molecule has 0 saturated carbocycles. The molecule has 6 nitrogen and oxygen atoms in total. The highest BCUT2D eigenvalue weighted by Crippen LogP contribution is 2.22. The minimum absolute atomic E-state index is 0.114. The summed E-state index contributed by atoms with van der Waals surface area (Å²) < 4.78 is 0. The number of quaternary nitrogens is 2. The fourth-order valence-corrected chi connectivity index (χ4v) is 4.01. The molecule has 1 heterocycles. The maximum atomic E-state index is 12.5. The van der Waals surface area contributed by atoms with Crippen LogP contribution in [-0.2, 0) is 9.59 Å². The number of nitrogens with one attached hydrogen (secondary N) is 4. The highest BCUT2D eigenvalue weighted by molar-refractivity contribution is 6.40. The Morgan fingerprint density at radius 2 is 1.67 bits per heavy atom. The molecule has 1 fully saturated rings. The van der Waals surface area contributed by atoms with E-state index in [1.807, 2.05) is 6.92 Å². The summed E-state index contributed by atoms with van der Waals surface area (Å²) in [6.07, 6.45) is 0. The zero-order valence-electron chi connectivity index (χ0n) is 17.8. The van der Waals surface area contributed by atoms with E-state index in [0.717, 1.165) is 31.7 Å². The van der Waals surface area contributed by atoms with Gasteiger partial charge in [-0.1, -0.05) is 47.5 Å². The predicted octanol–water partition coefficient (Wildman–Crippen LogP) is 0.166. The van der Waals surface area contributed by atoms with E-state index in [9.17, 15) is 9.59 Å². The van der Waals surface area contributed by atoms with Crippen molar-refractivity contribution in [3.05, 3.63) is 64.2 Å². The molecule has 2 amide bonds. The molecule has 0 bridgehead atoms. The molecular formula is C23H31ClN4O2+2. The van der Waals surface area contributed by atoms with Crippen LogP contribution < -0.4 is 20.4 Å². The Morgan fingerprint density at radius 3 is 2.33 bits per heavy atom. The number of hydrogen-bond acceptors (Lipinski definition) is 2. The third-order valence-electron chi connectivity index (χ3n) is 5.91. The number of rotatable bonds is 5. The lowest BCUT2D eigenvalue weighted by Gasteiger charge is -2.33. The first-order chi connectivity index (χ1) is 14.3. The topological polar surface area (TPSA) is 67.1 Å². The Balaban J connectivity index is 1.66. The van der Waals surface area contributed by atoms with Crippen LogP contribution in [0.2, 0.25) is 5.02 Å². The van der Waals surface area contributed by atoms with Crippen LogP contribution in [0.25, 0.3) is 0 Å². The number of benzene rings is 2. The summed E-state index contributed by atoms with van der Waals surface area (Å²) in [6, 6.07) is 13.8. The van der Waals surface area contributed by atoms with Gasteiger partial charge in [-0.15, -0.1) is 0 Å². The van der Waals surface area contributed by atoms with Crippen molar-refractivity contribution < 1.29 is 19.4 Å². The predicted molar refractivity (Wildman–Crippen MR) is 119 cm³/mol. The van der Waals surface area contributed by atoms with Crippen LogP contribution in [0.3, 0.4) is 0 Å². The van der Waals surface area contributed by atoms with Gasteiger partial charge in [-0.05, 0) is 31.5 Å². The molecule has 3 rings (SSSR count). The number of piperazine rings is 1. The SMILES string of the molecule is Cc1ccc([C@H](CNC(=O)C(=O)Nc2cccc(Cl)c2C)[NH+]2CC[NH+](C)CC2)cc1. The van der Waals surface area contributed by atoms with Gasteiger partial charge in [0.15, 0.2) is 0 Å². The monoisotopic (exact) mass is 430 g/mol. The van der Waals surface area contributed by atoms with Crippen LogP contribution in [-0.4, -0.2) is 51.6 Å². The van der Waals surface area contributed by atoms with E-state index in [4.69, 9.17) is 11.6 Å². The number of anilines is 1. The number of carbonyl (C=O) groups is 2. The first-order valence-corrected chi connectivity index (χ1v) is 10.8. The molecule has 0 unspecified atom stereocenters. The molecule has 0 radical (unpaired) electrons. The largest absolute Gasteiger partial charge is 0.341 e. The van der Waals surface area contributed by atoms with Crippen molar-refractivity contribution in [2.75, 3.05) is 45.1 Å². The van der Waals surface area contributed by atoms with E-state index in [1.165, 1.54) is 20.9 Å². The van der Waals surface area contributed by atoms with Gasteiger partial charge in [0.25, 0.3) is 0 Å². The van der Waals surface area contributed by atoms with Crippen LogP contribution >= 0.6 is 11.6 Å². The molecule has 30 heavy (non-hydrogen) atoms. The van der Waals surface area contributed by atoms with Crippen LogP contribution in [0.1, 0.15) is 22.7 Å². The Labute approximate surface area is 183 Å². The van der Waals surface area contributed by atoms with E-state index in [-0.39, 0.29) is 6.04 Å². The molecule has 1 aliphatic rings. The summed E-state index contributed by atoms with van der Waals surface area (Å²) >= 11 is 6.10. The summed E-state index contributed by atoms with van der Waals surface area (Å²) in [5, 5.41) is 6.06. The third kappa shape index (κ3) is 5.59. The molecule has 4 N–H and O–H groups in total. The Kier molecular flexibility index (Phi) is 7.48. The molecule has 0 aromatic heterocycles. The molecule has 7 heteroatoms. The van der Waals surface area contributed by atoms with Crippen molar-refractivity contribution in [3.8, 4) is 0 Å². The quantitative estimate of drug-likeness (QED) is 0.511. The molecule has 0 spiro atoms. The van der Waals surface area contributed by atoms with Gasteiger partial charge in [0.05, 0.1) is 13.6 Å². The maximum Gasteiger partial charge on any atom is 0.313 e. The highest BCUT2D eigenvalue weighted by atomic mass is 35.5. The molecule has 1 atom stereocenters. The van der Waals surface area contributed by atoms with Gasteiger partial charge in [-0.25, -0.2) is 0 Å². The zero-order valence-corrected chi connectivity index (χ0v) is 18.6. The molecule has 160 valence electrons. The molecular weight excluding hydrogens is 400 g/mol. The van der Waals surface area contributed by atoms with E-state index >= 15 is 0 Å². The van der Waals surface area contributed by atoms with Crippen LogP contribution in [0.5, 0.6) is 0 Å². The fourth-order valence-electron chi connectivity index (χ4n) is 3.84. The molecule has 0 aliphatic carbocycles. The number of hydrogen-bond donors (Lipinski definition) is 4. The van der Waals surface area contributed by atoms with Crippen molar-refractivity contribution in [1.82, 2.24) is 5.32 Å². The van der Waals surface area contributed by atoms with Crippen LogP contribution in [0, 0.1) is 13.8 Å². The molecule has 1 aliphatic heterocycles. The van der Waals surface area contributed by atoms with Gasteiger partial charge in [0.1, 0.15) is 32.2 Å². The number of carbonyl (C=O) groups excluding carboxylic acids is 2. The molecule has 2 aromatic carbocycles. The van der Waals surface area contributed by atoms with E-state index in [1.54, 1.807) is 18.2 Å². The van der Waals surface area contributed by atoms with E-state index in [0.29, 0.717) is 17.3 Å². The first-order valence-electron chi connectivity index (χ1n) is 10.4. The second-order valence-corrected chi connectivity index (χ2v) is 8.56. The maximum absolute atomic E-state index is 12.5. The van der Waals surface area contributed by atoms with Crippen molar-refractivity contribution in [3.63, 3.8) is 0 Å². The molecule has 1 saturated heterocycles. The Bertz CT molecular complexity index is 893. The van der Waals surface area contributed by atoms with Gasteiger partial charge in [-0.2, -0.15) is 0 Å². The standard InChI is InChI=1S/C23H29ClN4O2/c1-16-7-9-18(10-8-16)21(28-13-11-27(3)12-14-28)15-25-22(29)23(30)26-20-6-4-5-19(24)17(20)2/h4-10,21H,11-15H2,1-3H3,(H,25,29)(H,26,30)/p+2/t21-/m0/s1. The summed E-state index contributed by atoms with van der Waals surface area (Å²) in [7, 11) is 2.21. The Morgan fingerprint density at radius 1 is 1.00 bits per heavy atom. The fraction of sp³-hybridized carbons (Fsp3) is 0.391. The van der Waals surface area contributed by atoms with E-state index in [2.05, 4.69) is 48.9 Å². The highest BCUT2D eigenvalue weighted by Gasteiger charge is 2.30. The lowest BCUT2D eigenvalue weighted by Crippen LogP contribution is -3.27. The molecule has 2 aromatic rings. The van der Waals surface area contributed by atoms with Gasteiger partial charge in [0, 0.05) is 16.3 Å². The average molecular weight is 431 g/mol. The lowest BCUT2D eigenvalue weighted by atomic mass is 10.0. The number of aryl methyl sites for hydroxylation is 1. The summed E-state index contributed by atoms with van der Waals surface area (Å²) in [4.78, 5) is 27.9. The van der Waals surface area contributed by atoms with Crippen molar-refractivity contribution in [2.45, 2.75) is 19.9 Å². The van der Waals surface area contributed by atoms with Crippen molar-refractivity contribution in [2.24, 2.45) is 0 Å². The van der Waals surface area contributed by atoms with Crippen LogP contribution in [0.4, 0.5) is 5.69 Å². The number of likely N-dealkylation sites (N-methyl/N-ethyl adjacent to an activating group) is 1. The summed E-state index contributed by atoms with van der Waals surface area (Å²) in [5.41, 5.74) is 3.67. The normalized spacial score (nSPS) is 19.7. The van der Waals surface area contributed by atoms with Gasteiger partial charge >= 0.3 is 11.8 Å². The Hall–Kier alpha value is -2.41. The van der Waals surface area contributed by atoms with Gasteiger partial charge in [0.2, 0.25) is 0 Å².